The second-order valence-corrected chi connectivity index (χ2v) is 14.4. The van der Waals surface area contributed by atoms with E-state index in [1.54, 1.807) is 30.3 Å². The molecule has 2 N–H and O–H groups in total. The molecule has 0 saturated carbocycles. The predicted octanol–water partition coefficient (Wildman–Crippen LogP) is 2.53. The predicted molar refractivity (Wildman–Crippen MR) is 189 cm³/mol. The molecule has 0 bridgehead atoms. The minimum atomic E-state index is -1.05. The van der Waals surface area contributed by atoms with Gasteiger partial charge in [-0.05, 0) is 71.6 Å². The summed E-state index contributed by atoms with van der Waals surface area (Å²) in [6, 6.07) is 11.7. The zero-order chi connectivity index (χ0) is 36.0. The Morgan fingerprint density at radius 1 is 0.961 bits per heavy atom. The number of benzene rings is 2. The van der Waals surface area contributed by atoms with Gasteiger partial charge in [0, 0.05) is 64.1 Å². The monoisotopic (exact) mass is 759 g/mol. The van der Waals surface area contributed by atoms with Gasteiger partial charge in [0.15, 0.2) is 0 Å². The zero-order valence-corrected chi connectivity index (χ0v) is 29.8. The SMILES string of the molecule is CN1C[C@H](Nc2cnn(C)c(=O)c2Br)C[C@H](c2ccc(C(=O)N3CCC(Oc4cccc5c4C(=O)N(C4CCC(=O)NC4=O)C5=O)CC3)cc2)C1. The molecule has 0 spiro atoms. The first-order valence-electron chi connectivity index (χ1n) is 17.1. The summed E-state index contributed by atoms with van der Waals surface area (Å²) < 4.78 is 8.00. The number of halogens is 1. The second-order valence-electron chi connectivity index (χ2n) is 13.7. The maximum absolute atomic E-state index is 13.5. The molecule has 4 aliphatic rings. The van der Waals surface area contributed by atoms with Crippen molar-refractivity contribution in [2.75, 3.05) is 38.5 Å². The molecule has 5 amide bonds. The lowest BCUT2D eigenvalue weighted by atomic mass is 9.87. The van der Waals surface area contributed by atoms with Crippen LogP contribution in [0.2, 0.25) is 0 Å². The average molecular weight is 761 g/mol. The number of nitrogens with zero attached hydrogens (tertiary/aromatic N) is 5. The minimum Gasteiger partial charge on any atom is -0.489 e. The van der Waals surface area contributed by atoms with Gasteiger partial charge >= 0.3 is 0 Å². The maximum Gasteiger partial charge on any atom is 0.282 e. The first-order chi connectivity index (χ1) is 24.5. The van der Waals surface area contributed by atoms with Crippen molar-refractivity contribution in [3.8, 4) is 5.75 Å². The van der Waals surface area contributed by atoms with E-state index in [9.17, 15) is 28.8 Å². The van der Waals surface area contributed by atoms with E-state index in [0.29, 0.717) is 41.7 Å². The summed E-state index contributed by atoms with van der Waals surface area (Å²) in [6.07, 6.45) is 3.42. The summed E-state index contributed by atoms with van der Waals surface area (Å²) in [5, 5.41) is 9.83. The number of carbonyl (C=O) groups is 5. The fourth-order valence-corrected chi connectivity index (χ4v) is 7.99. The molecule has 5 heterocycles. The van der Waals surface area contributed by atoms with Crippen LogP contribution >= 0.6 is 15.9 Å². The van der Waals surface area contributed by atoms with Gasteiger partial charge in [0.1, 0.15) is 22.4 Å². The Kier molecular flexibility index (Phi) is 9.50. The van der Waals surface area contributed by atoms with Crippen molar-refractivity contribution in [3.63, 3.8) is 0 Å². The minimum absolute atomic E-state index is 0.0434. The summed E-state index contributed by atoms with van der Waals surface area (Å²) >= 11 is 3.40. The van der Waals surface area contributed by atoms with Gasteiger partial charge in [0.2, 0.25) is 11.8 Å². The van der Waals surface area contributed by atoms with Crippen molar-refractivity contribution in [2.45, 2.75) is 56.2 Å². The molecular weight excluding hydrogens is 722 g/mol. The van der Waals surface area contributed by atoms with Crippen LogP contribution in [-0.4, -0.2) is 105 Å². The van der Waals surface area contributed by atoms with Gasteiger partial charge in [-0.1, -0.05) is 18.2 Å². The van der Waals surface area contributed by atoms with Gasteiger partial charge in [-0.15, -0.1) is 0 Å². The van der Waals surface area contributed by atoms with E-state index >= 15 is 0 Å². The van der Waals surface area contributed by atoms with Gasteiger partial charge in [0.05, 0.1) is 23.0 Å². The molecule has 0 aliphatic carbocycles. The van der Waals surface area contributed by atoms with Crippen molar-refractivity contribution in [2.24, 2.45) is 7.05 Å². The fourth-order valence-electron chi connectivity index (χ4n) is 7.52. The molecule has 3 fully saturated rings. The molecule has 3 atom stereocenters. The molecule has 4 aliphatic heterocycles. The van der Waals surface area contributed by atoms with E-state index in [1.807, 2.05) is 24.3 Å². The van der Waals surface area contributed by atoms with Crippen molar-refractivity contribution < 1.29 is 28.7 Å². The number of anilines is 1. The van der Waals surface area contributed by atoms with E-state index in [0.717, 1.165) is 30.0 Å². The van der Waals surface area contributed by atoms with Crippen LogP contribution in [0.1, 0.15) is 74.7 Å². The maximum atomic E-state index is 13.5. The molecule has 1 unspecified atom stereocenters. The van der Waals surface area contributed by atoms with E-state index in [1.165, 1.54) is 10.7 Å². The van der Waals surface area contributed by atoms with Crippen molar-refractivity contribution >= 4 is 51.2 Å². The number of imide groups is 2. The van der Waals surface area contributed by atoms with Crippen LogP contribution in [0.4, 0.5) is 5.69 Å². The van der Waals surface area contributed by atoms with Gasteiger partial charge in [-0.25, -0.2) is 4.68 Å². The summed E-state index contributed by atoms with van der Waals surface area (Å²) in [5.74, 6) is -1.86. The number of nitrogens with one attached hydrogen (secondary N) is 2. The lowest BCUT2D eigenvalue weighted by molar-refractivity contribution is -0.136. The average Bonchev–Trinajstić information content (AvgIpc) is 3.38. The van der Waals surface area contributed by atoms with Crippen LogP contribution in [0, 0.1) is 0 Å². The third-order valence-electron chi connectivity index (χ3n) is 10.2. The van der Waals surface area contributed by atoms with Crippen molar-refractivity contribution in [1.82, 2.24) is 29.8 Å². The van der Waals surface area contributed by atoms with E-state index in [2.05, 4.69) is 43.6 Å². The van der Waals surface area contributed by atoms with Crippen LogP contribution in [-0.2, 0) is 16.6 Å². The molecule has 0 radical (unpaired) electrons. The smallest absolute Gasteiger partial charge is 0.282 e. The molecule has 14 nitrogen and oxygen atoms in total. The van der Waals surface area contributed by atoms with Gasteiger partial charge in [-0.2, -0.15) is 5.10 Å². The molecule has 15 heteroatoms. The molecule has 3 saturated heterocycles. The van der Waals surface area contributed by atoms with Crippen molar-refractivity contribution in [1.29, 1.82) is 0 Å². The van der Waals surface area contributed by atoms with E-state index < -0.39 is 29.7 Å². The third-order valence-corrected chi connectivity index (χ3v) is 10.9. The number of amides is 5. The fraction of sp³-hybridized carbons (Fsp3) is 0.417. The van der Waals surface area contributed by atoms with Gasteiger partial charge in [-0.3, -0.25) is 39.0 Å². The number of likely N-dealkylation sites (N-methyl/N-ethyl adjacent to an activating group) is 1. The Balaban J connectivity index is 0.952. The van der Waals surface area contributed by atoms with Crippen LogP contribution in [0.25, 0.3) is 0 Å². The number of aromatic nitrogens is 2. The Labute approximate surface area is 302 Å². The summed E-state index contributed by atoms with van der Waals surface area (Å²) in [4.78, 5) is 81.5. The third kappa shape index (κ3) is 6.79. The quantitative estimate of drug-likeness (QED) is 0.343. The molecular formula is C36H38BrN7O7. The number of carbonyl (C=O) groups excluding carboxylic acids is 5. The number of ether oxygens (including phenoxy) is 1. The number of rotatable bonds is 7. The van der Waals surface area contributed by atoms with E-state index in [-0.39, 0.29) is 59.2 Å². The number of piperidine rings is 3. The topological polar surface area (TPSA) is 163 Å². The number of hydrogen-bond acceptors (Lipinski definition) is 10. The number of hydrogen-bond donors (Lipinski definition) is 2. The molecule has 3 aromatic rings. The largest absolute Gasteiger partial charge is 0.489 e. The summed E-state index contributed by atoms with van der Waals surface area (Å²) in [5.41, 5.74) is 2.49. The highest BCUT2D eigenvalue weighted by Gasteiger charge is 2.46. The first kappa shape index (κ1) is 34.6. The lowest BCUT2D eigenvalue weighted by Crippen LogP contribution is -2.54. The van der Waals surface area contributed by atoms with Crippen molar-refractivity contribution in [3.05, 3.63) is 85.7 Å². The molecule has 2 aromatic carbocycles. The van der Waals surface area contributed by atoms with Crippen LogP contribution in [0.15, 0.2) is 57.9 Å². The Morgan fingerprint density at radius 2 is 1.71 bits per heavy atom. The lowest BCUT2D eigenvalue weighted by Gasteiger charge is -2.37. The molecule has 266 valence electrons. The number of fused-ring (bicyclic) bond motifs is 1. The van der Waals surface area contributed by atoms with Gasteiger partial charge < -0.3 is 19.9 Å². The highest BCUT2D eigenvalue weighted by Crippen LogP contribution is 2.35. The second kappa shape index (κ2) is 14.0. The molecule has 51 heavy (non-hydrogen) atoms. The first-order valence-corrected chi connectivity index (χ1v) is 17.8. The number of likely N-dealkylation sites (tertiary alicyclic amines) is 2. The molecule has 7 rings (SSSR count). The van der Waals surface area contributed by atoms with Crippen LogP contribution < -0.4 is 20.9 Å². The summed E-state index contributed by atoms with van der Waals surface area (Å²) in [6.45, 7) is 2.61. The van der Waals surface area contributed by atoms with Crippen LogP contribution in [0.5, 0.6) is 5.75 Å². The van der Waals surface area contributed by atoms with Gasteiger partial charge in [0.25, 0.3) is 23.3 Å². The van der Waals surface area contributed by atoms with E-state index in [4.69, 9.17) is 4.74 Å². The Hall–Kier alpha value is -4.89. The number of aryl methyl sites for hydroxylation is 1. The Bertz CT molecular complexity index is 1970. The zero-order valence-electron chi connectivity index (χ0n) is 28.3. The molecule has 1 aromatic heterocycles. The summed E-state index contributed by atoms with van der Waals surface area (Å²) in [7, 11) is 3.68. The highest BCUT2D eigenvalue weighted by molar-refractivity contribution is 9.10. The normalized spacial score (nSPS) is 22.9. The highest BCUT2D eigenvalue weighted by atomic mass is 79.9. The van der Waals surface area contributed by atoms with Crippen LogP contribution in [0.3, 0.4) is 0 Å². The Morgan fingerprint density at radius 3 is 2.43 bits per heavy atom. The standard InChI is InChI=1S/C36H38BrN7O7/c1-41-18-22(16-23(19-41)39-26-17-38-42(2)36(50)31(26)37)20-6-8-21(9-7-20)33(47)43-14-12-24(13-15-43)51-28-5-3-4-25-30(28)35(49)44(34(25)48)27-10-11-29(45)40-32(27)46/h3-9,17,22-24,27,39H,10-16,18-19H2,1-2H3,(H,40,45,46)/t22-,23+,27?/m0/s1.